The molecule has 2 heterocycles. The van der Waals surface area contributed by atoms with Gasteiger partial charge in [-0.05, 0) is 24.3 Å². The van der Waals surface area contributed by atoms with Crippen molar-refractivity contribution in [3.05, 3.63) is 59.8 Å². The highest BCUT2D eigenvalue weighted by Crippen LogP contribution is 2.25. The van der Waals surface area contributed by atoms with E-state index in [1.807, 2.05) is 35.0 Å². The van der Waals surface area contributed by atoms with Crippen LogP contribution >= 0.6 is 0 Å². The van der Waals surface area contributed by atoms with E-state index in [-0.39, 0.29) is 23.8 Å². The Morgan fingerprint density at radius 2 is 1.90 bits per heavy atom. The first-order valence-corrected chi connectivity index (χ1v) is 9.57. The number of aromatic carboxylic acids is 1. The van der Waals surface area contributed by atoms with Crippen molar-refractivity contribution < 1.29 is 24.5 Å². The summed E-state index contributed by atoms with van der Waals surface area (Å²) in [4.78, 5) is 30.0. The molecule has 0 atom stereocenters. The van der Waals surface area contributed by atoms with Gasteiger partial charge in [0.05, 0.1) is 18.9 Å². The van der Waals surface area contributed by atoms with E-state index in [2.05, 4.69) is 4.99 Å². The van der Waals surface area contributed by atoms with E-state index in [0.717, 1.165) is 16.5 Å². The van der Waals surface area contributed by atoms with Crippen LogP contribution in [0, 0.1) is 0 Å². The Hall–Kier alpha value is -3.65. The largest absolute Gasteiger partial charge is 0.507 e. The quantitative estimate of drug-likeness (QED) is 0.633. The van der Waals surface area contributed by atoms with Crippen LogP contribution in [0.2, 0.25) is 0 Å². The van der Waals surface area contributed by atoms with Crippen molar-refractivity contribution in [1.82, 2.24) is 9.47 Å². The lowest BCUT2D eigenvalue weighted by molar-refractivity contribution is -0.135. The third kappa shape index (κ3) is 4.04. The van der Waals surface area contributed by atoms with Gasteiger partial charge < -0.3 is 24.4 Å². The smallest absolute Gasteiger partial charge is 0.339 e. The molecule has 0 unspecified atom stereocenters. The number of phenols is 1. The molecular weight excluding hydrogens is 386 g/mol. The molecule has 2 aromatic carbocycles. The molecule has 0 radical (unpaired) electrons. The number of nitrogens with zero attached hydrogens (tertiary/aromatic N) is 3. The van der Waals surface area contributed by atoms with Crippen LogP contribution in [0.1, 0.15) is 15.9 Å². The summed E-state index contributed by atoms with van der Waals surface area (Å²) in [6, 6.07) is 11.9. The summed E-state index contributed by atoms with van der Waals surface area (Å²) in [5, 5.41) is 19.7. The van der Waals surface area contributed by atoms with Gasteiger partial charge in [-0.3, -0.25) is 9.79 Å². The maximum absolute atomic E-state index is 12.7. The molecule has 8 nitrogen and oxygen atoms in total. The van der Waals surface area contributed by atoms with Gasteiger partial charge >= 0.3 is 5.97 Å². The van der Waals surface area contributed by atoms with Gasteiger partial charge in [-0.2, -0.15) is 0 Å². The highest BCUT2D eigenvalue weighted by atomic mass is 16.5. The Kier molecular flexibility index (Phi) is 5.49. The molecule has 4 rings (SSSR count). The van der Waals surface area contributed by atoms with Gasteiger partial charge in [-0.1, -0.05) is 18.2 Å². The van der Waals surface area contributed by atoms with Gasteiger partial charge in [0, 0.05) is 42.0 Å². The fourth-order valence-corrected chi connectivity index (χ4v) is 3.49. The topological polar surface area (TPSA) is 104 Å². The number of amides is 1. The molecule has 2 N–H and O–H groups in total. The minimum absolute atomic E-state index is 0.0344. The van der Waals surface area contributed by atoms with Crippen LogP contribution in [-0.2, 0) is 16.1 Å². The second-order valence-electron chi connectivity index (χ2n) is 6.99. The standard InChI is InChI=1S/C22H21N3O5/c26-20-6-5-16(11-18(20)22(28)29)23-12-15-13-25(19-4-2-1-3-17(15)19)14-21(27)24-7-9-30-10-8-24/h1-6,11-13,26H,7-10,14H2,(H,28,29). The van der Waals surface area contributed by atoms with Crippen LogP contribution < -0.4 is 0 Å². The average Bonchev–Trinajstić information content (AvgIpc) is 3.11. The summed E-state index contributed by atoms with van der Waals surface area (Å²) in [5.41, 5.74) is 1.93. The summed E-state index contributed by atoms with van der Waals surface area (Å²) in [6.07, 6.45) is 3.50. The number of hydrogen-bond acceptors (Lipinski definition) is 5. The molecule has 0 saturated carbocycles. The van der Waals surface area contributed by atoms with Gasteiger partial charge in [0.1, 0.15) is 17.9 Å². The van der Waals surface area contributed by atoms with Crippen LogP contribution in [-0.4, -0.2) is 64.1 Å². The number of para-hydroxylation sites is 1. The summed E-state index contributed by atoms with van der Waals surface area (Å²) in [5.74, 6) is -1.49. The summed E-state index contributed by atoms with van der Waals surface area (Å²) >= 11 is 0. The lowest BCUT2D eigenvalue weighted by atomic mass is 10.1. The van der Waals surface area contributed by atoms with Crippen molar-refractivity contribution in [3.63, 3.8) is 0 Å². The molecule has 1 aliphatic heterocycles. The van der Waals surface area contributed by atoms with E-state index in [9.17, 15) is 14.7 Å². The van der Waals surface area contributed by atoms with Crippen LogP contribution in [0.3, 0.4) is 0 Å². The van der Waals surface area contributed by atoms with Crippen molar-refractivity contribution in [3.8, 4) is 5.75 Å². The van der Waals surface area contributed by atoms with Gasteiger partial charge in [0.15, 0.2) is 0 Å². The molecule has 3 aromatic rings. The molecule has 0 bridgehead atoms. The number of benzene rings is 2. The van der Waals surface area contributed by atoms with Crippen molar-refractivity contribution in [2.75, 3.05) is 26.3 Å². The Balaban J connectivity index is 1.62. The van der Waals surface area contributed by atoms with Crippen molar-refractivity contribution in [1.29, 1.82) is 0 Å². The predicted molar refractivity (Wildman–Crippen MR) is 112 cm³/mol. The first-order valence-electron chi connectivity index (χ1n) is 9.57. The highest BCUT2D eigenvalue weighted by Gasteiger charge is 2.18. The zero-order chi connectivity index (χ0) is 21.1. The fourth-order valence-electron chi connectivity index (χ4n) is 3.49. The highest BCUT2D eigenvalue weighted by molar-refractivity contribution is 6.01. The number of fused-ring (bicyclic) bond motifs is 1. The predicted octanol–water partition coefficient (Wildman–Crippen LogP) is 2.65. The minimum atomic E-state index is -1.22. The molecule has 1 aliphatic rings. The Morgan fingerprint density at radius 1 is 1.13 bits per heavy atom. The molecule has 1 saturated heterocycles. The van der Waals surface area contributed by atoms with Crippen LogP contribution in [0.15, 0.2) is 53.7 Å². The minimum Gasteiger partial charge on any atom is -0.507 e. The average molecular weight is 407 g/mol. The lowest BCUT2D eigenvalue weighted by Gasteiger charge is -2.27. The van der Waals surface area contributed by atoms with Crippen LogP contribution in [0.25, 0.3) is 10.9 Å². The molecule has 0 aliphatic carbocycles. The van der Waals surface area contributed by atoms with Crippen LogP contribution in [0.5, 0.6) is 5.75 Å². The number of carboxylic acids is 1. The number of carboxylic acid groups (broad SMARTS) is 1. The number of carbonyl (C=O) groups excluding carboxylic acids is 1. The van der Waals surface area contributed by atoms with Gasteiger partial charge in [-0.25, -0.2) is 4.79 Å². The molecular formula is C22H21N3O5. The number of aliphatic imine (C=N–C) groups is 1. The number of hydrogen-bond donors (Lipinski definition) is 2. The van der Waals surface area contributed by atoms with E-state index in [1.165, 1.54) is 12.1 Å². The van der Waals surface area contributed by atoms with E-state index >= 15 is 0 Å². The first kappa shape index (κ1) is 19.7. The van der Waals surface area contributed by atoms with E-state index < -0.39 is 5.97 Å². The second kappa shape index (κ2) is 8.38. The van der Waals surface area contributed by atoms with E-state index in [4.69, 9.17) is 9.84 Å². The normalized spacial score (nSPS) is 14.5. The second-order valence-corrected chi connectivity index (χ2v) is 6.99. The third-order valence-corrected chi connectivity index (χ3v) is 5.05. The number of ether oxygens (including phenoxy) is 1. The van der Waals surface area contributed by atoms with Gasteiger partial charge in [0.25, 0.3) is 0 Å². The number of carbonyl (C=O) groups is 2. The number of aromatic nitrogens is 1. The fraction of sp³-hybridized carbons (Fsp3) is 0.227. The number of aromatic hydroxyl groups is 1. The van der Waals surface area contributed by atoms with E-state index in [0.29, 0.717) is 32.0 Å². The third-order valence-electron chi connectivity index (χ3n) is 5.05. The zero-order valence-electron chi connectivity index (χ0n) is 16.2. The Morgan fingerprint density at radius 3 is 2.67 bits per heavy atom. The Bertz CT molecular complexity index is 1130. The summed E-state index contributed by atoms with van der Waals surface area (Å²) in [6.45, 7) is 2.52. The van der Waals surface area contributed by atoms with Crippen molar-refractivity contribution in [2.24, 2.45) is 4.99 Å². The van der Waals surface area contributed by atoms with Crippen molar-refractivity contribution in [2.45, 2.75) is 6.54 Å². The summed E-state index contributed by atoms with van der Waals surface area (Å²) in [7, 11) is 0. The van der Waals surface area contributed by atoms with Gasteiger partial charge in [-0.15, -0.1) is 0 Å². The Labute approximate surface area is 172 Å². The SMILES string of the molecule is O=C(O)c1cc(N=Cc2cn(CC(=O)N3CCOCC3)c3ccccc23)ccc1O. The molecule has 1 fully saturated rings. The molecule has 0 spiro atoms. The molecule has 8 heteroatoms. The zero-order valence-corrected chi connectivity index (χ0v) is 16.2. The molecule has 154 valence electrons. The van der Waals surface area contributed by atoms with Gasteiger partial charge in [0.2, 0.25) is 5.91 Å². The number of rotatable bonds is 5. The first-order chi connectivity index (χ1) is 14.5. The molecule has 1 amide bonds. The molecule has 30 heavy (non-hydrogen) atoms. The lowest BCUT2D eigenvalue weighted by Crippen LogP contribution is -2.42. The number of morpholine rings is 1. The summed E-state index contributed by atoms with van der Waals surface area (Å²) < 4.78 is 7.21. The maximum atomic E-state index is 12.7. The van der Waals surface area contributed by atoms with E-state index in [1.54, 1.807) is 17.2 Å². The monoisotopic (exact) mass is 407 g/mol. The molecule has 1 aromatic heterocycles. The van der Waals surface area contributed by atoms with Crippen LogP contribution in [0.4, 0.5) is 5.69 Å². The van der Waals surface area contributed by atoms with Crippen molar-refractivity contribution >= 4 is 34.7 Å². The maximum Gasteiger partial charge on any atom is 0.339 e.